The summed E-state index contributed by atoms with van der Waals surface area (Å²) in [5, 5.41) is 11.2. The third-order valence-electron chi connectivity index (χ3n) is 9.55. The van der Waals surface area contributed by atoms with E-state index in [2.05, 4.69) is 38.6 Å². The summed E-state index contributed by atoms with van der Waals surface area (Å²) in [5.41, 5.74) is 3.85. The molecule has 3 aliphatic rings. The van der Waals surface area contributed by atoms with Crippen molar-refractivity contribution in [2.24, 2.45) is 0 Å². The van der Waals surface area contributed by atoms with Gasteiger partial charge in [0, 0.05) is 61.9 Å². The van der Waals surface area contributed by atoms with Crippen molar-refractivity contribution in [2.75, 3.05) is 60.2 Å². The number of rotatable bonds is 7. The lowest BCUT2D eigenvalue weighted by molar-refractivity contribution is 0.102. The molecule has 2 aliphatic heterocycles. The van der Waals surface area contributed by atoms with E-state index in [9.17, 15) is 13.6 Å². The van der Waals surface area contributed by atoms with E-state index in [-0.39, 0.29) is 11.9 Å². The van der Waals surface area contributed by atoms with Crippen LogP contribution in [0, 0.1) is 11.6 Å². The molecule has 3 fully saturated rings. The predicted octanol–water partition coefficient (Wildman–Crippen LogP) is 6.10. The largest absolute Gasteiger partial charge is 0.382 e. The molecule has 0 radical (unpaired) electrons. The van der Waals surface area contributed by atoms with Crippen molar-refractivity contribution in [3.8, 4) is 0 Å². The first kappa shape index (κ1) is 29.5. The van der Waals surface area contributed by atoms with Gasteiger partial charge in [0.2, 0.25) is 0 Å². The Bertz CT molecular complexity index is 1680. The lowest BCUT2D eigenvalue weighted by Gasteiger charge is -2.34. The van der Waals surface area contributed by atoms with Crippen molar-refractivity contribution in [3.63, 3.8) is 0 Å². The second-order valence-electron chi connectivity index (χ2n) is 12.6. The van der Waals surface area contributed by atoms with Crippen molar-refractivity contribution < 1.29 is 13.6 Å². The maximum atomic E-state index is 14.7. The fraction of sp³-hybridized carbons (Fsp3) is 0.441. The Labute approximate surface area is 262 Å². The number of halogens is 2. The van der Waals surface area contributed by atoms with Crippen LogP contribution in [0.3, 0.4) is 0 Å². The van der Waals surface area contributed by atoms with Crippen molar-refractivity contribution in [2.45, 2.75) is 57.0 Å². The Balaban J connectivity index is 1.16. The zero-order chi connectivity index (χ0) is 30.9. The molecule has 11 heteroatoms. The number of carbonyl (C=O) groups excluding carboxylic acids is 1. The van der Waals surface area contributed by atoms with Crippen LogP contribution in [0.25, 0.3) is 5.65 Å². The molecule has 1 aliphatic carbocycles. The van der Waals surface area contributed by atoms with Crippen molar-refractivity contribution in [1.82, 2.24) is 19.5 Å². The zero-order valence-electron chi connectivity index (χ0n) is 25.7. The highest BCUT2D eigenvalue weighted by atomic mass is 19.1. The average molecular weight is 615 g/mol. The molecule has 236 valence electrons. The second kappa shape index (κ2) is 12.6. The highest BCUT2D eigenvalue weighted by Gasteiger charge is 2.30. The second-order valence-corrected chi connectivity index (χ2v) is 12.6. The first-order valence-corrected chi connectivity index (χ1v) is 16.1. The summed E-state index contributed by atoms with van der Waals surface area (Å²) in [6.45, 7) is 4.57. The Morgan fingerprint density at radius 3 is 2.53 bits per heavy atom. The first-order chi connectivity index (χ1) is 21.9. The molecule has 0 spiro atoms. The fourth-order valence-electron chi connectivity index (χ4n) is 7.01. The van der Waals surface area contributed by atoms with Crippen LogP contribution in [-0.4, -0.2) is 71.2 Å². The number of piperazine rings is 1. The number of hydrogen-bond donors (Lipinski definition) is 2. The topological polar surface area (TPSA) is 81.0 Å². The Hall–Kier alpha value is -4.25. The Morgan fingerprint density at radius 2 is 1.71 bits per heavy atom. The van der Waals surface area contributed by atoms with E-state index >= 15 is 0 Å². The van der Waals surface area contributed by atoms with E-state index in [1.54, 1.807) is 16.9 Å². The maximum Gasteiger partial charge on any atom is 0.257 e. The minimum Gasteiger partial charge on any atom is -0.382 e. The predicted molar refractivity (Wildman–Crippen MR) is 173 cm³/mol. The minimum absolute atomic E-state index is 0.235. The molecule has 0 bridgehead atoms. The molecule has 7 rings (SSSR count). The number of aromatic nitrogens is 3. The van der Waals surface area contributed by atoms with E-state index in [4.69, 9.17) is 4.98 Å². The quantitative estimate of drug-likeness (QED) is 0.261. The van der Waals surface area contributed by atoms with Crippen LogP contribution in [-0.2, 0) is 0 Å². The van der Waals surface area contributed by atoms with Crippen molar-refractivity contribution >= 4 is 34.4 Å². The molecule has 1 amide bonds. The standard InChI is InChI=1S/C34H40F2N8O/c1-41-16-18-42(19-17-41)25-10-11-26(29(21-25)38-24-6-3-2-4-7-24)34(45)39-30-22-37-44-15-13-32(40-33(30)44)43-14-5-8-31(43)27-20-23(35)9-12-28(27)36/h9-13,15,20-22,24,31,38H,2-8,14,16-19H2,1H3,(H,39,45)/t31-/m1/s1. The SMILES string of the molecule is CN1CCN(c2ccc(C(=O)Nc3cnn4ccc(N5CCC[C@@H]5c5cc(F)ccc5F)nc34)c(NC3CCCCC3)c2)CC1. The molecule has 2 saturated heterocycles. The lowest BCUT2D eigenvalue weighted by atomic mass is 9.95. The van der Waals surface area contributed by atoms with E-state index in [0.717, 1.165) is 62.9 Å². The molecule has 2 N–H and O–H groups in total. The van der Waals surface area contributed by atoms with Crippen LogP contribution in [0.15, 0.2) is 54.9 Å². The van der Waals surface area contributed by atoms with Crippen LogP contribution in [0.1, 0.15) is 66.9 Å². The normalized spacial score (nSPS) is 19.8. The highest BCUT2D eigenvalue weighted by Crippen LogP contribution is 2.37. The van der Waals surface area contributed by atoms with Crippen molar-refractivity contribution in [1.29, 1.82) is 0 Å². The molecule has 4 aromatic rings. The minimum atomic E-state index is -0.462. The molecule has 9 nitrogen and oxygen atoms in total. The van der Waals surface area contributed by atoms with Gasteiger partial charge in [0.25, 0.3) is 5.91 Å². The summed E-state index contributed by atoms with van der Waals surface area (Å²) in [6.07, 6.45) is 10.7. The summed E-state index contributed by atoms with van der Waals surface area (Å²) in [6, 6.07) is 11.5. The van der Waals surface area contributed by atoms with E-state index in [1.807, 2.05) is 23.1 Å². The summed E-state index contributed by atoms with van der Waals surface area (Å²) in [5.74, 6) is -0.499. The van der Waals surface area contributed by atoms with Gasteiger partial charge >= 0.3 is 0 Å². The summed E-state index contributed by atoms with van der Waals surface area (Å²) in [4.78, 5) is 25.4. The van der Waals surface area contributed by atoms with Gasteiger partial charge in [0.15, 0.2) is 5.65 Å². The number of nitrogens with zero attached hydrogens (tertiary/aromatic N) is 6. The zero-order valence-corrected chi connectivity index (χ0v) is 25.7. The lowest BCUT2D eigenvalue weighted by Crippen LogP contribution is -2.44. The molecule has 2 aromatic carbocycles. The summed E-state index contributed by atoms with van der Waals surface area (Å²) < 4.78 is 30.4. The van der Waals surface area contributed by atoms with Gasteiger partial charge < -0.3 is 25.3 Å². The number of likely N-dealkylation sites (N-methyl/N-ethyl adjacent to an activating group) is 1. The Morgan fingerprint density at radius 1 is 0.889 bits per heavy atom. The Kier molecular flexibility index (Phi) is 8.27. The third-order valence-corrected chi connectivity index (χ3v) is 9.55. The summed E-state index contributed by atoms with van der Waals surface area (Å²) >= 11 is 0. The summed E-state index contributed by atoms with van der Waals surface area (Å²) in [7, 11) is 2.15. The molecular formula is C34H40F2N8O. The smallest absolute Gasteiger partial charge is 0.257 e. The number of carbonyl (C=O) groups is 1. The average Bonchev–Trinajstić information content (AvgIpc) is 3.70. The fourth-order valence-corrected chi connectivity index (χ4v) is 7.01. The van der Waals surface area contributed by atoms with Crippen LogP contribution in [0.2, 0.25) is 0 Å². The molecular weight excluding hydrogens is 574 g/mol. The van der Waals surface area contributed by atoms with E-state index in [1.165, 1.54) is 31.4 Å². The number of nitrogens with one attached hydrogen (secondary N) is 2. The highest BCUT2D eigenvalue weighted by molar-refractivity contribution is 6.09. The van der Waals surface area contributed by atoms with Crippen LogP contribution in [0.5, 0.6) is 0 Å². The molecule has 4 heterocycles. The van der Waals surface area contributed by atoms with Crippen LogP contribution >= 0.6 is 0 Å². The number of fused-ring (bicyclic) bond motifs is 1. The first-order valence-electron chi connectivity index (χ1n) is 16.1. The maximum absolute atomic E-state index is 14.7. The third kappa shape index (κ3) is 6.18. The van der Waals surface area contributed by atoms with Crippen LogP contribution in [0.4, 0.5) is 31.7 Å². The van der Waals surface area contributed by atoms with Gasteiger partial charge in [-0.1, -0.05) is 19.3 Å². The van der Waals surface area contributed by atoms with Gasteiger partial charge in [-0.2, -0.15) is 5.10 Å². The van der Waals surface area contributed by atoms with E-state index < -0.39 is 11.6 Å². The van der Waals surface area contributed by atoms with Gasteiger partial charge in [0.1, 0.15) is 23.1 Å². The number of hydrogen-bond acceptors (Lipinski definition) is 7. The number of anilines is 4. The van der Waals surface area contributed by atoms with E-state index in [0.29, 0.717) is 47.3 Å². The van der Waals surface area contributed by atoms with Crippen LogP contribution < -0.4 is 20.4 Å². The van der Waals surface area contributed by atoms with Gasteiger partial charge in [-0.25, -0.2) is 18.3 Å². The van der Waals surface area contributed by atoms with Gasteiger partial charge in [0.05, 0.1) is 17.8 Å². The molecule has 45 heavy (non-hydrogen) atoms. The monoisotopic (exact) mass is 614 g/mol. The number of amides is 1. The van der Waals surface area contributed by atoms with Crippen molar-refractivity contribution in [3.05, 3.63) is 77.6 Å². The molecule has 1 atom stereocenters. The molecule has 1 saturated carbocycles. The number of benzene rings is 2. The van der Waals surface area contributed by atoms with Gasteiger partial charge in [-0.15, -0.1) is 0 Å². The molecule has 2 aromatic heterocycles. The van der Waals surface area contributed by atoms with Gasteiger partial charge in [-0.3, -0.25) is 4.79 Å². The molecule has 0 unspecified atom stereocenters. The van der Waals surface area contributed by atoms with Gasteiger partial charge in [-0.05, 0) is 75.2 Å².